The number of nitrogens with zero attached hydrogens (tertiary/aromatic N) is 4. The standard InChI is InChI=1S/C22H23Cl2N5O2/c1-29(2)11-5-8-19(22(30)31)27-28-20-13-25-21(15-6-3-4-7-17(15)24)16-12-14(23)9-10-18(16)26-20/h3-4,6-7,9-10,12H,5,8,11,13H2,1-2H3,(H,26,28)(H,30,31). The van der Waals surface area contributed by atoms with E-state index in [1.165, 1.54) is 0 Å². The van der Waals surface area contributed by atoms with Crippen LogP contribution in [0.2, 0.25) is 10.0 Å². The van der Waals surface area contributed by atoms with Crippen LogP contribution in [0.4, 0.5) is 5.69 Å². The van der Waals surface area contributed by atoms with E-state index in [1.807, 2.05) is 37.2 Å². The third kappa shape index (κ3) is 6.13. The summed E-state index contributed by atoms with van der Waals surface area (Å²) in [6, 6.07) is 12.7. The molecule has 0 bridgehead atoms. The van der Waals surface area contributed by atoms with Gasteiger partial charge in [-0.05, 0) is 51.3 Å². The zero-order valence-corrected chi connectivity index (χ0v) is 18.8. The van der Waals surface area contributed by atoms with Gasteiger partial charge < -0.3 is 10.0 Å². The van der Waals surface area contributed by atoms with E-state index >= 15 is 0 Å². The second kappa shape index (κ2) is 10.5. The van der Waals surface area contributed by atoms with Crippen LogP contribution in [0.25, 0.3) is 0 Å². The molecule has 2 N–H and O–H groups in total. The molecule has 1 aliphatic heterocycles. The van der Waals surface area contributed by atoms with Gasteiger partial charge in [0, 0.05) is 27.6 Å². The molecule has 31 heavy (non-hydrogen) atoms. The quantitative estimate of drug-likeness (QED) is 0.478. The average molecular weight is 460 g/mol. The Kier molecular flexibility index (Phi) is 7.79. The highest BCUT2D eigenvalue weighted by Gasteiger charge is 2.19. The average Bonchev–Trinajstić information content (AvgIpc) is 2.89. The highest BCUT2D eigenvalue weighted by molar-refractivity contribution is 6.37. The van der Waals surface area contributed by atoms with E-state index < -0.39 is 5.97 Å². The summed E-state index contributed by atoms with van der Waals surface area (Å²) < 4.78 is 0. The van der Waals surface area contributed by atoms with Gasteiger partial charge in [0.2, 0.25) is 0 Å². The summed E-state index contributed by atoms with van der Waals surface area (Å²) in [5.74, 6) is -0.634. The molecule has 0 saturated carbocycles. The molecule has 1 heterocycles. The molecule has 2 aromatic carbocycles. The number of aliphatic carboxylic acids is 1. The van der Waals surface area contributed by atoms with Crippen molar-refractivity contribution < 1.29 is 9.90 Å². The molecule has 162 valence electrons. The minimum atomic E-state index is -1.06. The van der Waals surface area contributed by atoms with Crippen LogP contribution in [-0.4, -0.2) is 60.4 Å². The van der Waals surface area contributed by atoms with E-state index in [2.05, 4.69) is 20.5 Å². The Hall–Kier alpha value is -2.74. The Balaban J connectivity index is 1.91. The van der Waals surface area contributed by atoms with Gasteiger partial charge in [0.15, 0.2) is 0 Å². The number of fused-ring (bicyclic) bond motifs is 1. The van der Waals surface area contributed by atoms with E-state index in [4.69, 9.17) is 23.2 Å². The topological polar surface area (TPSA) is 89.6 Å². The molecular formula is C22H23Cl2N5O2. The lowest BCUT2D eigenvalue weighted by Crippen LogP contribution is -2.26. The highest BCUT2D eigenvalue weighted by Crippen LogP contribution is 2.30. The molecule has 2 aromatic rings. The minimum Gasteiger partial charge on any atom is -0.477 e. The van der Waals surface area contributed by atoms with Crippen molar-refractivity contribution in [2.45, 2.75) is 12.8 Å². The van der Waals surface area contributed by atoms with Crippen molar-refractivity contribution in [1.29, 1.82) is 0 Å². The summed E-state index contributed by atoms with van der Waals surface area (Å²) >= 11 is 12.6. The van der Waals surface area contributed by atoms with Crippen molar-refractivity contribution in [1.82, 2.24) is 10.3 Å². The molecule has 0 saturated heterocycles. The molecule has 1 aliphatic rings. The Morgan fingerprint density at radius 1 is 1.19 bits per heavy atom. The van der Waals surface area contributed by atoms with Gasteiger partial charge in [0.1, 0.15) is 11.5 Å². The van der Waals surface area contributed by atoms with E-state index in [9.17, 15) is 9.90 Å². The Labute approximate surface area is 191 Å². The first-order valence-corrected chi connectivity index (χ1v) is 10.5. The fourth-order valence-electron chi connectivity index (χ4n) is 3.06. The number of aliphatic imine (C=N–C) groups is 2. The number of amidine groups is 1. The van der Waals surface area contributed by atoms with Gasteiger partial charge in [-0.1, -0.05) is 41.4 Å². The van der Waals surface area contributed by atoms with Crippen molar-refractivity contribution >= 4 is 52.1 Å². The molecular weight excluding hydrogens is 437 g/mol. The molecule has 0 amide bonds. The summed E-state index contributed by atoms with van der Waals surface area (Å²) in [6.07, 6.45) is 1.02. The molecule has 7 nitrogen and oxygen atoms in total. The lowest BCUT2D eigenvalue weighted by atomic mass is 10.0. The summed E-state index contributed by atoms with van der Waals surface area (Å²) in [4.78, 5) is 22.8. The molecule has 0 fully saturated rings. The monoisotopic (exact) mass is 459 g/mol. The summed E-state index contributed by atoms with van der Waals surface area (Å²) in [6.45, 7) is 0.952. The van der Waals surface area contributed by atoms with Gasteiger partial charge in [-0.25, -0.2) is 9.79 Å². The number of carboxylic acid groups (broad SMARTS) is 1. The zero-order chi connectivity index (χ0) is 22.4. The van der Waals surface area contributed by atoms with Crippen molar-refractivity contribution in [2.75, 3.05) is 27.2 Å². The predicted molar refractivity (Wildman–Crippen MR) is 126 cm³/mol. The van der Waals surface area contributed by atoms with Gasteiger partial charge in [-0.2, -0.15) is 5.10 Å². The van der Waals surface area contributed by atoms with Crippen molar-refractivity contribution in [3.8, 4) is 0 Å². The Morgan fingerprint density at radius 3 is 2.68 bits per heavy atom. The van der Waals surface area contributed by atoms with Crippen LogP contribution in [0.3, 0.4) is 0 Å². The minimum absolute atomic E-state index is 0.0421. The fraction of sp³-hybridized carbons (Fsp3) is 0.273. The summed E-state index contributed by atoms with van der Waals surface area (Å²) in [5.41, 5.74) is 5.65. The summed E-state index contributed by atoms with van der Waals surface area (Å²) in [7, 11) is 3.88. The van der Waals surface area contributed by atoms with Crippen LogP contribution in [0.1, 0.15) is 24.0 Å². The smallest absolute Gasteiger partial charge is 0.352 e. The molecule has 0 radical (unpaired) electrons. The molecule has 0 spiro atoms. The van der Waals surface area contributed by atoms with Crippen molar-refractivity contribution in [3.63, 3.8) is 0 Å². The number of carbonyl (C=O) groups is 1. The van der Waals surface area contributed by atoms with Crippen LogP contribution < -0.4 is 5.43 Å². The number of rotatable bonds is 7. The molecule has 3 rings (SSSR count). The van der Waals surface area contributed by atoms with Gasteiger partial charge in [0.05, 0.1) is 17.9 Å². The number of carboxylic acids is 1. The normalized spacial score (nSPS) is 13.9. The van der Waals surface area contributed by atoms with Crippen LogP contribution >= 0.6 is 23.2 Å². The largest absolute Gasteiger partial charge is 0.477 e. The first-order chi connectivity index (χ1) is 14.8. The van der Waals surface area contributed by atoms with Crippen LogP contribution in [-0.2, 0) is 4.79 Å². The van der Waals surface area contributed by atoms with Crippen LogP contribution in [0.15, 0.2) is 57.6 Å². The van der Waals surface area contributed by atoms with E-state index in [0.717, 1.165) is 17.7 Å². The first kappa shape index (κ1) is 22.9. The number of hydrogen-bond donors (Lipinski definition) is 2. The number of nitrogens with one attached hydrogen (secondary N) is 1. The maximum absolute atomic E-state index is 11.5. The van der Waals surface area contributed by atoms with Gasteiger partial charge in [-0.15, -0.1) is 0 Å². The lowest BCUT2D eigenvalue weighted by molar-refractivity contribution is -0.129. The zero-order valence-electron chi connectivity index (χ0n) is 17.3. The lowest BCUT2D eigenvalue weighted by Gasteiger charge is -2.10. The second-order valence-electron chi connectivity index (χ2n) is 7.25. The Morgan fingerprint density at radius 2 is 1.97 bits per heavy atom. The van der Waals surface area contributed by atoms with Crippen LogP contribution in [0, 0.1) is 0 Å². The summed E-state index contributed by atoms with van der Waals surface area (Å²) in [5, 5.41) is 14.7. The van der Waals surface area contributed by atoms with E-state index in [-0.39, 0.29) is 12.3 Å². The molecule has 0 aromatic heterocycles. The Bertz CT molecular complexity index is 1060. The molecule has 0 atom stereocenters. The third-order valence-corrected chi connectivity index (χ3v) is 5.14. The van der Waals surface area contributed by atoms with Gasteiger partial charge >= 0.3 is 5.97 Å². The highest BCUT2D eigenvalue weighted by atomic mass is 35.5. The number of hydrogen-bond acceptors (Lipinski definition) is 6. The van der Waals surface area contributed by atoms with Crippen LogP contribution in [0.5, 0.6) is 0 Å². The maximum Gasteiger partial charge on any atom is 0.352 e. The third-order valence-electron chi connectivity index (χ3n) is 4.57. The van der Waals surface area contributed by atoms with Gasteiger partial charge in [-0.3, -0.25) is 10.4 Å². The molecule has 9 heteroatoms. The number of hydrazone groups is 1. The second-order valence-corrected chi connectivity index (χ2v) is 8.09. The maximum atomic E-state index is 11.5. The van der Waals surface area contributed by atoms with E-state index in [0.29, 0.717) is 40.1 Å². The molecule has 0 aliphatic carbocycles. The number of halogens is 2. The SMILES string of the molecule is CN(C)CCCC(=NNC1=Nc2ccc(Cl)cc2C(c2ccccc2Cl)=NC1)C(=O)O. The number of benzene rings is 2. The van der Waals surface area contributed by atoms with Crippen molar-refractivity contribution in [3.05, 3.63) is 63.6 Å². The van der Waals surface area contributed by atoms with Crippen molar-refractivity contribution in [2.24, 2.45) is 15.1 Å². The predicted octanol–water partition coefficient (Wildman–Crippen LogP) is 4.25. The first-order valence-electron chi connectivity index (χ1n) is 9.72. The van der Waals surface area contributed by atoms with Gasteiger partial charge in [0.25, 0.3) is 0 Å². The fourth-order valence-corrected chi connectivity index (χ4v) is 3.46. The van der Waals surface area contributed by atoms with E-state index in [1.54, 1.807) is 24.3 Å². The molecule has 0 unspecified atom stereocenters.